The Balaban J connectivity index is 1.88. The fourth-order valence-corrected chi connectivity index (χ4v) is 4.07. The average molecular weight is 418 g/mol. The largest absolute Gasteiger partial charge is 0.488 e. The van der Waals surface area contributed by atoms with Crippen LogP contribution >= 0.6 is 23.4 Å². The van der Waals surface area contributed by atoms with E-state index in [1.54, 1.807) is 18.2 Å². The van der Waals surface area contributed by atoms with E-state index in [0.717, 1.165) is 11.1 Å². The standard InChI is InChI=1S/C20H20ClN3O3S/c1-12-6-4-5-7-15(12)11-27-18-9-8-16(21)10-17(18)19-24(14(3)26)23-20(28-19)22-13(2)25/h4-10,19H,11H2,1-3H3,(H,22,23,25)/t19-/m1/s1. The van der Waals surface area contributed by atoms with Gasteiger partial charge in [-0.15, -0.1) is 5.10 Å². The van der Waals surface area contributed by atoms with E-state index < -0.39 is 5.37 Å². The first-order chi connectivity index (χ1) is 13.3. The second-order valence-corrected chi connectivity index (χ2v) is 7.82. The van der Waals surface area contributed by atoms with Gasteiger partial charge in [0, 0.05) is 24.4 Å². The van der Waals surface area contributed by atoms with Crippen molar-refractivity contribution in [1.82, 2.24) is 10.3 Å². The number of thioether (sulfide) groups is 1. The highest BCUT2D eigenvalue weighted by atomic mass is 35.5. The molecule has 146 valence electrons. The smallest absolute Gasteiger partial charge is 0.241 e. The van der Waals surface area contributed by atoms with Crippen LogP contribution in [0.3, 0.4) is 0 Å². The molecule has 0 bridgehead atoms. The third-order valence-corrected chi connectivity index (χ3v) is 5.45. The Labute approximate surface area is 172 Å². The number of nitrogens with one attached hydrogen (secondary N) is 1. The van der Waals surface area contributed by atoms with Crippen molar-refractivity contribution in [3.63, 3.8) is 0 Å². The van der Waals surface area contributed by atoms with Crippen molar-refractivity contribution in [2.24, 2.45) is 5.10 Å². The highest BCUT2D eigenvalue weighted by Crippen LogP contribution is 2.43. The predicted octanol–water partition coefficient (Wildman–Crippen LogP) is 4.23. The first-order valence-corrected chi connectivity index (χ1v) is 9.90. The number of amidine groups is 1. The van der Waals surface area contributed by atoms with E-state index in [2.05, 4.69) is 10.4 Å². The van der Waals surface area contributed by atoms with Crippen LogP contribution in [-0.2, 0) is 16.2 Å². The topological polar surface area (TPSA) is 71.0 Å². The molecule has 0 fully saturated rings. The van der Waals surface area contributed by atoms with Gasteiger partial charge in [-0.3, -0.25) is 9.59 Å². The summed E-state index contributed by atoms with van der Waals surface area (Å²) in [5.41, 5.74) is 2.92. The minimum atomic E-state index is -0.482. The Bertz CT molecular complexity index is 948. The molecule has 8 heteroatoms. The van der Waals surface area contributed by atoms with Crippen LogP contribution < -0.4 is 10.1 Å². The highest BCUT2D eigenvalue weighted by Gasteiger charge is 2.34. The molecular weight excluding hydrogens is 398 g/mol. The molecule has 0 unspecified atom stereocenters. The Hall–Kier alpha value is -2.51. The number of carbonyl (C=O) groups is 2. The van der Waals surface area contributed by atoms with Crippen molar-refractivity contribution in [2.75, 3.05) is 0 Å². The van der Waals surface area contributed by atoms with Crippen LogP contribution in [0, 0.1) is 6.92 Å². The van der Waals surface area contributed by atoms with Gasteiger partial charge >= 0.3 is 0 Å². The Morgan fingerprint density at radius 2 is 2.00 bits per heavy atom. The van der Waals surface area contributed by atoms with E-state index in [4.69, 9.17) is 16.3 Å². The molecule has 2 aromatic carbocycles. The van der Waals surface area contributed by atoms with Crippen molar-refractivity contribution in [1.29, 1.82) is 0 Å². The molecule has 0 aliphatic carbocycles. The van der Waals surface area contributed by atoms with Crippen LogP contribution in [0.5, 0.6) is 5.75 Å². The Morgan fingerprint density at radius 3 is 2.68 bits per heavy atom. The zero-order valence-electron chi connectivity index (χ0n) is 15.7. The first-order valence-electron chi connectivity index (χ1n) is 8.64. The molecule has 0 saturated heterocycles. The number of carbonyl (C=O) groups excluding carboxylic acids is 2. The fourth-order valence-electron chi connectivity index (χ4n) is 2.74. The Morgan fingerprint density at radius 1 is 1.25 bits per heavy atom. The zero-order valence-corrected chi connectivity index (χ0v) is 17.3. The summed E-state index contributed by atoms with van der Waals surface area (Å²) in [6.45, 7) is 5.23. The van der Waals surface area contributed by atoms with Crippen molar-refractivity contribution in [2.45, 2.75) is 32.8 Å². The van der Waals surface area contributed by atoms with Crippen LogP contribution in [0.25, 0.3) is 0 Å². The maximum absolute atomic E-state index is 12.1. The lowest BCUT2D eigenvalue weighted by atomic mass is 10.1. The first kappa shape index (κ1) is 20.2. The van der Waals surface area contributed by atoms with E-state index in [1.165, 1.54) is 30.6 Å². The molecule has 0 spiro atoms. The Kier molecular flexibility index (Phi) is 6.26. The molecule has 2 amide bonds. The minimum Gasteiger partial charge on any atom is -0.488 e. The quantitative estimate of drug-likeness (QED) is 0.808. The van der Waals surface area contributed by atoms with Crippen molar-refractivity contribution >= 4 is 40.3 Å². The third kappa shape index (κ3) is 4.66. The van der Waals surface area contributed by atoms with Crippen LogP contribution in [0.4, 0.5) is 0 Å². The summed E-state index contributed by atoms with van der Waals surface area (Å²) in [6, 6.07) is 13.3. The molecule has 1 atom stereocenters. The van der Waals surface area contributed by atoms with Crippen LogP contribution in [0.2, 0.25) is 5.02 Å². The number of nitrogens with zero attached hydrogens (tertiary/aromatic N) is 2. The molecule has 6 nitrogen and oxygen atoms in total. The van der Waals surface area contributed by atoms with E-state index in [9.17, 15) is 9.59 Å². The van der Waals surface area contributed by atoms with Crippen molar-refractivity contribution < 1.29 is 14.3 Å². The summed E-state index contributed by atoms with van der Waals surface area (Å²) >= 11 is 7.47. The molecule has 28 heavy (non-hydrogen) atoms. The normalized spacial score (nSPS) is 15.9. The third-order valence-electron chi connectivity index (χ3n) is 4.13. The second kappa shape index (κ2) is 8.67. The number of hydrogen-bond acceptors (Lipinski definition) is 5. The molecule has 1 aliphatic heterocycles. The molecule has 0 saturated carbocycles. The summed E-state index contributed by atoms with van der Waals surface area (Å²) in [6.07, 6.45) is 0. The van der Waals surface area contributed by atoms with Gasteiger partial charge in [-0.05, 0) is 36.2 Å². The maximum Gasteiger partial charge on any atom is 0.241 e. The monoisotopic (exact) mass is 417 g/mol. The number of rotatable bonds is 4. The SMILES string of the molecule is CC(=O)NC1=NN(C(C)=O)[C@@H](c2cc(Cl)ccc2OCc2ccccc2C)S1. The van der Waals surface area contributed by atoms with Gasteiger partial charge in [0.25, 0.3) is 0 Å². The van der Waals surface area contributed by atoms with Gasteiger partial charge in [-0.2, -0.15) is 0 Å². The van der Waals surface area contributed by atoms with Gasteiger partial charge in [-0.25, -0.2) is 5.01 Å². The summed E-state index contributed by atoms with van der Waals surface area (Å²) < 4.78 is 6.07. The van der Waals surface area contributed by atoms with Crippen LogP contribution in [0.1, 0.15) is 35.9 Å². The van der Waals surface area contributed by atoms with E-state index >= 15 is 0 Å². The summed E-state index contributed by atoms with van der Waals surface area (Å²) in [7, 11) is 0. The number of amides is 2. The van der Waals surface area contributed by atoms with Gasteiger partial charge in [-0.1, -0.05) is 47.6 Å². The van der Waals surface area contributed by atoms with Gasteiger partial charge in [0.2, 0.25) is 11.8 Å². The molecule has 0 aromatic heterocycles. The van der Waals surface area contributed by atoms with Gasteiger partial charge in [0.1, 0.15) is 17.7 Å². The zero-order chi connectivity index (χ0) is 20.3. The van der Waals surface area contributed by atoms with Crippen molar-refractivity contribution in [3.05, 3.63) is 64.2 Å². The number of hydrazone groups is 1. The van der Waals surface area contributed by atoms with Crippen LogP contribution in [0.15, 0.2) is 47.6 Å². The second-order valence-electron chi connectivity index (χ2n) is 6.32. The molecule has 1 heterocycles. The summed E-state index contributed by atoms with van der Waals surface area (Å²) in [4.78, 5) is 23.5. The van der Waals surface area contributed by atoms with Crippen LogP contribution in [-0.4, -0.2) is 22.0 Å². The molecular formula is C20H20ClN3O3S. The highest BCUT2D eigenvalue weighted by molar-refractivity contribution is 8.14. The summed E-state index contributed by atoms with van der Waals surface area (Å²) in [5.74, 6) is 0.107. The molecule has 3 rings (SSSR count). The maximum atomic E-state index is 12.1. The van der Waals surface area contributed by atoms with Gasteiger partial charge in [0.15, 0.2) is 5.17 Å². The van der Waals surface area contributed by atoms with Gasteiger partial charge < -0.3 is 10.1 Å². The lowest BCUT2D eigenvalue weighted by Gasteiger charge is -2.22. The number of benzene rings is 2. The van der Waals surface area contributed by atoms with E-state index in [-0.39, 0.29) is 11.8 Å². The lowest BCUT2D eigenvalue weighted by Crippen LogP contribution is -2.25. The number of hydrogen-bond donors (Lipinski definition) is 1. The van der Waals surface area contributed by atoms with Gasteiger partial charge in [0.05, 0.1) is 0 Å². The van der Waals surface area contributed by atoms with Crippen molar-refractivity contribution in [3.8, 4) is 5.75 Å². The molecule has 0 radical (unpaired) electrons. The fraction of sp³-hybridized carbons (Fsp3) is 0.250. The molecule has 1 aliphatic rings. The molecule has 2 aromatic rings. The number of halogens is 1. The minimum absolute atomic E-state index is 0.248. The summed E-state index contributed by atoms with van der Waals surface area (Å²) in [5, 5.41) is 8.58. The lowest BCUT2D eigenvalue weighted by molar-refractivity contribution is -0.129. The molecule has 1 N–H and O–H groups in total. The van der Waals surface area contributed by atoms with E-state index in [0.29, 0.717) is 28.1 Å². The number of ether oxygens (including phenoxy) is 1. The predicted molar refractivity (Wildman–Crippen MR) is 111 cm³/mol. The van der Waals surface area contributed by atoms with E-state index in [1.807, 2.05) is 31.2 Å². The average Bonchev–Trinajstić information content (AvgIpc) is 3.05. The number of aryl methyl sites for hydroxylation is 1.